The van der Waals surface area contributed by atoms with E-state index in [0.717, 1.165) is 5.56 Å². The molecule has 0 bridgehead atoms. The van der Waals surface area contributed by atoms with E-state index in [1.165, 1.54) is 0 Å². The molecule has 112 valence electrons. The molecular weight excluding hydrogens is 268 g/mol. The number of esters is 1. The van der Waals surface area contributed by atoms with Crippen LogP contribution in [0.3, 0.4) is 0 Å². The fourth-order valence-corrected chi connectivity index (χ4v) is 2.51. The van der Waals surface area contributed by atoms with Gasteiger partial charge in [-0.1, -0.05) is 44.2 Å². The van der Waals surface area contributed by atoms with Gasteiger partial charge in [-0.05, 0) is 24.3 Å². The van der Waals surface area contributed by atoms with Gasteiger partial charge in [0.1, 0.15) is 0 Å². The van der Waals surface area contributed by atoms with Crippen molar-refractivity contribution in [1.29, 1.82) is 0 Å². The third-order valence-electron chi connectivity index (χ3n) is 3.61. The van der Waals surface area contributed by atoms with Crippen molar-refractivity contribution in [3.8, 4) is 0 Å². The van der Waals surface area contributed by atoms with Gasteiger partial charge in [-0.3, -0.25) is 14.4 Å². The molecule has 4 heteroatoms. The molecule has 0 saturated carbocycles. The first-order valence-corrected chi connectivity index (χ1v) is 7.30. The smallest absolute Gasteiger partial charge is 0.325 e. The monoisotopic (exact) mass is 288 g/mol. The van der Waals surface area contributed by atoms with E-state index in [-0.39, 0.29) is 23.9 Å². The maximum Gasteiger partial charge on any atom is 0.325 e. The van der Waals surface area contributed by atoms with Crippen molar-refractivity contribution in [1.82, 2.24) is 0 Å². The zero-order valence-electron chi connectivity index (χ0n) is 12.4. The van der Waals surface area contributed by atoms with Crippen molar-refractivity contribution in [2.45, 2.75) is 39.2 Å². The number of hydrogen-bond acceptors (Lipinski definition) is 4. The normalized spacial score (nSPS) is 21.7. The zero-order chi connectivity index (χ0) is 15.4. The Kier molecular flexibility index (Phi) is 4.89. The van der Waals surface area contributed by atoms with Crippen LogP contribution < -0.4 is 0 Å². The molecule has 1 fully saturated rings. The second-order valence-corrected chi connectivity index (χ2v) is 5.84. The number of carbonyl (C=O) groups excluding carboxylic acids is 3. The molecule has 1 aliphatic heterocycles. The Hall–Kier alpha value is -1.97. The fraction of sp³-hybridized carbons (Fsp3) is 0.471. The van der Waals surface area contributed by atoms with E-state index in [4.69, 9.17) is 4.74 Å². The lowest BCUT2D eigenvalue weighted by atomic mass is 9.91. The first-order chi connectivity index (χ1) is 9.99. The van der Waals surface area contributed by atoms with Crippen molar-refractivity contribution in [2.75, 3.05) is 0 Å². The van der Waals surface area contributed by atoms with Crippen molar-refractivity contribution in [3.05, 3.63) is 35.9 Å². The molecule has 1 aliphatic rings. The van der Waals surface area contributed by atoms with Crippen LogP contribution in [0.4, 0.5) is 0 Å². The summed E-state index contributed by atoms with van der Waals surface area (Å²) in [7, 11) is 0. The summed E-state index contributed by atoms with van der Waals surface area (Å²) in [6.07, 6.45) is 0.450. The average molecular weight is 288 g/mol. The van der Waals surface area contributed by atoms with E-state index in [9.17, 15) is 14.4 Å². The number of benzene rings is 1. The minimum absolute atomic E-state index is 0.184. The highest BCUT2D eigenvalue weighted by molar-refractivity contribution is 6.21. The Morgan fingerprint density at radius 2 is 1.86 bits per heavy atom. The van der Waals surface area contributed by atoms with E-state index in [0.29, 0.717) is 12.8 Å². The Morgan fingerprint density at radius 3 is 2.48 bits per heavy atom. The SMILES string of the molecule is CC(C)CC1OC(=O)C(C(=O)CCc2ccccc2)C1=O. The number of ether oxygens (including phenoxy) is 1. The molecule has 0 amide bonds. The average Bonchev–Trinajstić information content (AvgIpc) is 2.71. The highest BCUT2D eigenvalue weighted by Gasteiger charge is 2.47. The van der Waals surface area contributed by atoms with E-state index in [2.05, 4.69) is 0 Å². The molecule has 0 aliphatic carbocycles. The maximum atomic E-state index is 12.1. The molecule has 2 unspecified atom stereocenters. The Labute approximate surface area is 124 Å². The molecule has 0 spiro atoms. The number of Topliss-reactive ketones (excluding diaryl/α,β-unsaturated/α-hetero) is 2. The molecule has 1 aromatic rings. The van der Waals surface area contributed by atoms with Crippen molar-refractivity contribution in [3.63, 3.8) is 0 Å². The molecule has 0 aromatic heterocycles. The van der Waals surface area contributed by atoms with Crippen molar-refractivity contribution >= 4 is 17.5 Å². The number of hydrogen-bond donors (Lipinski definition) is 0. The summed E-state index contributed by atoms with van der Waals surface area (Å²) in [4.78, 5) is 36.1. The lowest BCUT2D eigenvalue weighted by Crippen LogP contribution is -2.28. The zero-order valence-corrected chi connectivity index (χ0v) is 12.4. The third-order valence-corrected chi connectivity index (χ3v) is 3.61. The van der Waals surface area contributed by atoms with Gasteiger partial charge in [0.2, 0.25) is 0 Å². The molecule has 4 nitrogen and oxygen atoms in total. The number of aryl methyl sites for hydroxylation is 1. The molecule has 21 heavy (non-hydrogen) atoms. The minimum atomic E-state index is -1.21. The van der Waals surface area contributed by atoms with Crippen LogP contribution in [-0.4, -0.2) is 23.6 Å². The first-order valence-electron chi connectivity index (χ1n) is 7.30. The molecule has 1 aromatic carbocycles. The van der Waals surface area contributed by atoms with Gasteiger partial charge in [0, 0.05) is 6.42 Å². The number of ketones is 2. The Balaban J connectivity index is 1.96. The molecular formula is C17H20O4. The largest absolute Gasteiger partial charge is 0.453 e. The summed E-state index contributed by atoms with van der Waals surface area (Å²) in [5.74, 6) is -2.35. The fourth-order valence-electron chi connectivity index (χ4n) is 2.51. The van der Waals surface area contributed by atoms with Gasteiger partial charge in [0.25, 0.3) is 0 Å². The lowest BCUT2D eigenvalue weighted by Gasteiger charge is -2.09. The van der Waals surface area contributed by atoms with Gasteiger partial charge in [0.15, 0.2) is 23.6 Å². The van der Waals surface area contributed by atoms with Crippen LogP contribution in [0.25, 0.3) is 0 Å². The maximum absolute atomic E-state index is 12.1. The predicted octanol–water partition coefficient (Wildman–Crippen LogP) is 2.35. The number of carbonyl (C=O) groups is 3. The van der Waals surface area contributed by atoms with Gasteiger partial charge < -0.3 is 4.74 Å². The quantitative estimate of drug-likeness (QED) is 0.595. The second kappa shape index (κ2) is 6.66. The number of rotatable bonds is 6. The lowest BCUT2D eigenvalue weighted by molar-refractivity contribution is -0.147. The molecule has 0 N–H and O–H groups in total. The van der Waals surface area contributed by atoms with Crippen molar-refractivity contribution < 1.29 is 19.1 Å². The summed E-state index contributed by atoms with van der Waals surface area (Å²) in [5, 5.41) is 0. The van der Waals surface area contributed by atoms with Gasteiger partial charge >= 0.3 is 5.97 Å². The van der Waals surface area contributed by atoms with Crippen LogP contribution in [0.1, 0.15) is 32.3 Å². The van der Waals surface area contributed by atoms with Crippen LogP contribution in [0.15, 0.2) is 30.3 Å². The molecule has 1 heterocycles. The summed E-state index contributed by atoms with van der Waals surface area (Å²) in [5.41, 5.74) is 1.02. The molecule has 0 radical (unpaired) electrons. The van der Waals surface area contributed by atoms with Crippen molar-refractivity contribution in [2.24, 2.45) is 11.8 Å². The highest BCUT2D eigenvalue weighted by atomic mass is 16.6. The molecule has 1 saturated heterocycles. The van der Waals surface area contributed by atoms with E-state index in [1.54, 1.807) is 0 Å². The second-order valence-electron chi connectivity index (χ2n) is 5.84. The minimum Gasteiger partial charge on any atom is -0.453 e. The number of cyclic esters (lactones) is 1. The van der Waals surface area contributed by atoms with Crippen LogP contribution in [-0.2, 0) is 25.5 Å². The van der Waals surface area contributed by atoms with Gasteiger partial charge in [-0.25, -0.2) is 0 Å². The van der Waals surface area contributed by atoms with Crippen LogP contribution in [0.2, 0.25) is 0 Å². The summed E-state index contributed by atoms with van der Waals surface area (Å²) in [6.45, 7) is 3.90. The van der Waals surface area contributed by atoms with Gasteiger partial charge in [-0.2, -0.15) is 0 Å². The predicted molar refractivity (Wildman–Crippen MR) is 77.6 cm³/mol. The summed E-state index contributed by atoms with van der Waals surface area (Å²) in [6, 6.07) is 9.54. The highest BCUT2D eigenvalue weighted by Crippen LogP contribution is 2.24. The summed E-state index contributed by atoms with van der Waals surface area (Å²) >= 11 is 0. The topological polar surface area (TPSA) is 60.4 Å². The van der Waals surface area contributed by atoms with Gasteiger partial charge in [0.05, 0.1) is 0 Å². The van der Waals surface area contributed by atoms with Gasteiger partial charge in [-0.15, -0.1) is 0 Å². The van der Waals surface area contributed by atoms with Crippen LogP contribution in [0.5, 0.6) is 0 Å². The van der Waals surface area contributed by atoms with E-state index >= 15 is 0 Å². The van der Waals surface area contributed by atoms with E-state index in [1.807, 2.05) is 44.2 Å². The van der Waals surface area contributed by atoms with E-state index < -0.39 is 18.0 Å². The first kappa shape index (κ1) is 15.4. The Bertz CT molecular complexity index is 533. The Morgan fingerprint density at radius 1 is 1.19 bits per heavy atom. The standard InChI is InChI=1S/C17H20O4/c1-11(2)10-14-16(19)15(17(20)21-14)13(18)9-8-12-6-4-3-5-7-12/h3-7,11,14-15H,8-10H2,1-2H3. The van der Waals surface area contributed by atoms with Crippen LogP contribution >= 0.6 is 0 Å². The van der Waals surface area contributed by atoms with Crippen LogP contribution in [0, 0.1) is 11.8 Å². The molecule has 2 atom stereocenters. The third kappa shape index (κ3) is 3.78. The molecule has 2 rings (SSSR count). The summed E-state index contributed by atoms with van der Waals surface area (Å²) < 4.78 is 5.06.